The van der Waals surface area contributed by atoms with Crippen molar-refractivity contribution >= 4 is 5.71 Å². The van der Waals surface area contributed by atoms with Gasteiger partial charge in [-0.3, -0.25) is 0 Å². The van der Waals surface area contributed by atoms with Crippen LogP contribution in [0.25, 0.3) is 0 Å². The minimum atomic E-state index is -0.655. The quantitative estimate of drug-likeness (QED) is 0.624. The Kier molecular flexibility index (Phi) is 5.59. The lowest BCUT2D eigenvalue weighted by atomic mass is 9.89. The molecule has 2 N–H and O–H groups in total. The van der Waals surface area contributed by atoms with Gasteiger partial charge in [0.15, 0.2) is 0 Å². The van der Waals surface area contributed by atoms with Crippen LogP contribution in [0.15, 0.2) is 23.4 Å². The molecule has 0 aliphatic heterocycles. The van der Waals surface area contributed by atoms with Gasteiger partial charge < -0.3 is 19.8 Å². The zero-order valence-electron chi connectivity index (χ0n) is 12.6. The van der Waals surface area contributed by atoms with Crippen LogP contribution in [-0.4, -0.2) is 41.4 Å². The summed E-state index contributed by atoms with van der Waals surface area (Å²) in [6.45, 7) is 4.30. The lowest BCUT2D eigenvalue weighted by Gasteiger charge is -2.21. The fourth-order valence-electron chi connectivity index (χ4n) is 2.44. The van der Waals surface area contributed by atoms with Crippen molar-refractivity contribution in [3.05, 3.63) is 29.3 Å². The van der Waals surface area contributed by atoms with Gasteiger partial charge >= 0.3 is 0 Å². The molecule has 0 saturated heterocycles. The third-order valence-corrected chi connectivity index (χ3v) is 3.46. The first-order valence-corrected chi connectivity index (χ1v) is 7.37. The molecule has 0 bridgehead atoms. The number of nitrogens with zero attached hydrogens (tertiary/aromatic N) is 1. The number of aliphatic hydroxyl groups is 1. The van der Waals surface area contributed by atoms with E-state index < -0.39 is 6.10 Å². The van der Waals surface area contributed by atoms with Crippen molar-refractivity contribution in [1.29, 1.82) is 0 Å². The molecule has 0 aromatic heterocycles. The monoisotopic (exact) mass is 293 g/mol. The molecule has 0 amide bonds. The summed E-state index contributed by atoms with van der Waals surface area (Å²) in [6, 6.07) is 5.70. The van der Waals surface area contributed by atoms with E-state index in [9.17, 15) is 5.11 Å². The summed E-state index contributed by atoms with van der Waals surface area (Å²) in [5.74, 6) is 0.747. The molecular formula is C16H23NO4. The number of fused-ring (bicyclic) bond motifs is 1. The number of aliphatic hydroxyl groups excluding tert-OH is 1. The summed E-state index contributed by atoms with van der Waals surface area (Å²) in [5.41, 5.74) is 2.69. The Hall–Kier alpha value is -1.59. The van der Waals surface area contributed by atoms with Gasteiger partial charge in [-0.05, 0) is 39.2 Å². The highest BCUT2D eigenvalue weighted by Crippen LogP contribution is 2.30. The van der Waals surface area contributed by atoms with Crippen LogP contribution in [0.2, 0.25) is 0 Å². The largest absolute Gasteiger partial charge is 0.490 e. The van der Waals surface area contributed by atoms with Crippen LogP contribution in [-0.2, 0) is 11.2 Å². The molecule has 5 heteroatoms. The third-order valence-electron chi connectivity index (χ3n) is 3.46. The first-order chi connectivity index (χ1) is 10.1. The molecule has 1 aliphatic carbocycles. The Morgan fingerprint density at radius 1 is 1.24 bits per heavy atom. The fourth-order valence-corrected chi connectivity index (χ4v) is 2.44. The van der Waals surface area contributed by atoms with E-state index in [0.717, 1.165) is 36.1 Å². The molecule has 1 aliphatic rings. The molecule has 0 radical (unpaired) electrons. The smallest absolute Gasteiger partial charge is 0.123 e. The molecule has 2 rings (SSSR count). The van der Waals surface area contributed by atoms with Gasteiger partial charge in [0.05, 0.1) is 18.4 Å². The molecule has 0 heterocycles. The Morgan fingerprint density at radius 2 is 2.05 bits per heavy atom. The highest BCUT2D eigenvalue weighted by atomic mass is 16.5. The van der Waals surface area contributed by atoms with Gasteiger partial charge in [0.25, 0.3) is 0 Å². The highest BCUT2D eigenvalue weighted by molar-refractivity contribution is 6.02. The highest BCUT2D eigenvalue weighted by Gasteiger charge is 2.20. The normalized spacial score (nSPS) is 17.8. The summed E-state index contributed by atoms with van der Waals surface area (Å²) in [4.78, 5) is 0. The number of hydrogen-bond acceptors (Lipinski definition) is 5. The standard InChI is InChI=1S/C16H23NO4/c1-11(2)20-9-12(18)10-21-16-8-4-5-13-14(16)6-3-7-15(13)17-19/h4-5,8,11-12,18-19H,3,6-7,9-10H2,1-2H3. The van der Waals surface area contributed by atoms with E-state index in [4.69, 9.17) is 14.7 Å². The zero-order valence-corrected chi connectivity index (χ0v) is 12.6. The van der Waals surface area contributed by atoms with Gasteiger partial charge in [-0.25, -0.2) is 0 Å². The first-order valence-electron chi connectivity index (χ1n) is 7.37. The summed E-state index contributed by atoms with van der Waals surface area (Å²) in [6.07, 6.45) is 2.04. The lowest BCUT2D eigenvalue weighted by molar-refractivity contribution is -0.0124. The van der Waals surface area contributed by atoms with Gasteiger partial charge in [-0.1, -0.05) is 17.3 Å². The lowest BCUT2D eigenvalue weighted by Crippen LogP contribution is -2.25. The van der Waals surface area contributed by atoms with E-state index in [1.807, 2.05) is 32.0 Å². The average Bonchev–Trinajstić information content (AvgIpc) is 2.50. The van der Waals surface area contributed by atoms with E-state index in [0.29, 0.717) is 5.71 Å². The number of hydrogen-bond donors (Lipinski definition) is 2. The van der Waals surface area contributed by atoms with E-state index in [2.05, 4.69) is 5.16 Å². The molecule has 1 aromatic carbocycles. The first kappa shape index (κ1) is 15.8. The minimum Gasteiger partial charge on any atom is -0.490 e. The molecule has 1 atom stereocenters. The topological polar surface area (TPSA) is 71.3 Å². The molecular weight excluding hydrogens is 270 g/mol. The Labute approximate surface area is 125 Å². The number of oxime groups is 1. The number of rotatable bonds is 6. The van der Waals surface area contributed by atoms with Crippen molar-refractivity contribution < 1.29 is 19.8 Å². The Balaban J connectivity index is 2.01. The van der Waals surface area contributed by atoms with Crippen molar-refractivity contribution in [1.82, 2.24) is 0 Å². The Bertz CT molecular complexity index is 499. The molecule has 0 spiro atoms. The van der Waals surface area contributed by atoms with Crippen molar-refractivity contribution in [2.24, 2.45) is 5.16 Å². The van der Waals surface area contributed by atoms with Crippen LogP contribution in [0.3, 0.4) is 0 Å². The van der Waals surface area contributed by atoms with E-state index in [1.165, 1.54) is 0 Å². The van der Waals surface area contributed by atoms with Crippen LogP contribution >= 0.6 is 0 Å². The maximum atomic E-state index is 9.85. The second-order valence-corrected chi connectivity index (χ2v) is 5.53. The second-order valence-electron chi connectivity index (χ2n) is 5.53. The van der Waals surface area contributed by atoms with Gasteiger partial charge in [0, 0.05) is 11.1 Å². The molecule has 21 heavy (non-hydrogen) atoms. The second kappa shape index (κ2) is 7.43. The predicted molar refractivity (Wildman–Crippen MR) is 80.3 cm³/mol. The Morgan fingerprint density at radius 3 is 2.76 bits per heavy atom. The van der Waals surface area contributed by atoms with Crippen LogP contribution in [0.4, 0.5) is 0 Å². The third kappa shape index (κ3) is 4.19. The van der Waals surface area contributed by atoms with Crippen molar-refractivity contribution in [3.8, 4) is 5.75 Å². The van der Waals surface area contributed by atoms with Crippen LogP contribution in [0, 0.1) is 0 Å². The van der Waals surface area contributed by atoms with Crippen molar-refractivity contribution in [3.63, 3.8) is 0 Å². The SMILES string of the molecule is CC(C)OCC(O)COc1cccc2c1CCCC2=NO. The molecule has 5 nitrogen and oxygen atoms in total. The number of benzene rings is 1. The van der Waals surface area contributed by atoms with Crippen LogP contribution in [0.1, 0.15) is 37.8 Å². The molecule has 0 saturated carbocycles. The molecule has 1 unspecified atom stereocenters. The van der Waals surface area contributed by atoms with Gasteiger partial charge in [-0.2, -0.15) is 0 Å². The maximum absolute atomic E-state index is 9.85. The summed E-state index contributed by atoms with van der Waals surface area (Å²) in [7, 11) is 0. The summed E-state index contributed by atoms with van der Waals surface area (Å²) < 4.78 is 11.1. The maximum Gasteiger partial charge on any atom is 0.123 e. The fraction of sp³-hybridized carbons (Fsp3) is 0.562. The molecule has 0 fully saturated rings. The average molecular weight is 293 g/mol. The van der Waals surface area contributed by atoms with E-state index >= 15 is 0 Å². The van der Waals surface area contributed by atoms with Gasteiger partial charge in [0.2, 0.25) is 0 Å². The van der Waals surface area contributed by atoms with E-state index in [-0.39, 0.29) is 19.3 Å². The van der Waals surface area contributed by atoms with Crippen molar-refractivity contribution in [2.75, 3.05) is 13.2 Å². The number of ether oxygens (including phenoxy) is 2. The van der Waals surface area contributed by atoms with Crippen LogP contribution < -0.4 is 4.74 Å². The summed E-state index contributed by atoms with van der Waals surface area (Å²) in [5, 5.41) is 22.3. The minimum absolute atomic E-state index is 0.0902. The van der Waals surface area contributed by atoms with E-state index in [1.54, 1.807) is 0 Å². The van der Waals surface area contributed by atoms with Crippen molar-refractivity contribution in [2.45, 2.75) is 45.3 Å². The summed E-state index contributed by atoms with van der Waals surface area (Å²) >= 11 is 0. The van der Waals surface area contributed by atoms with Gasteiger partial charge in [0.1, 0.15) is 18.5 Å². The van der Waals surface area contributed by atoms with Crippen LogP contribution in [0.5, 0.6) is 5.75 Å². The molecule has 116 valence electrons. The zero-order chi connectivity index (χ0) is 15.2. The predicted octanol–water partition coefficient (Wildman–Crippen LogP) is 2.37. The molecule has 1 aromatic rings. The van der Waals surface area contributed by atoms with Gasteiger partial charge in [-0.15, -0.1) is 0 Å².